The molecule has 11 heteroatoms. The number of nitrogens with one attached hydrogen (secondary N) is 3. The van der Waals surface area contributed by atoms with Crippen molar-refractivity contribution in [3.05, 3.63) is 34.9 Å². The van der Waals surface area contributed by atoms with E-state index in [0.29, 0.717) is 31.0 Å². The van der Waals surface area contributed by atoms with Gasteiger partial charge in [0.2, 0.25) is 0 Å². The molecule has 0 saturated carbocycles. The Hall–Kier alpha value is -2.85. The molecule has 0 heterocycles. The van der Waals surface area contributed by atoms with Crippen LogP contribution in [0.25, 0.3) is 0 Å². The van der Waals surface area contributed by atoms with Gasteiger partial charge in [0.1, 0.15) is 28.9 Å². The molecule has 0 spiro atoms. The van der Waals surface area contributed by atoms with Gasteiger partial charge in [0, 0.05) is 18.0 Å². The molecule has 42 heavy (non-hydrogen) atoms. The molecule has 2 amide bonds. The summed E-state index contributed by atoms with van der Waals surface area (Å²) >= 11 is 5.93. The van der Waals surface area contributed by atoms with Gasteiger partial charge in [0.25, 0.3) is 0 Å². The number of urea groups is 1. The summed E-state index contributed by atoms with van der Waals surface area (Å²) in [4.78, 5) is 51.1. The van der Waals surface area contributed by atoms with E-state index in [0.717, 1.165) is 12.0 Å². The van der Waals surface area contributed by atoms with Crippen molar-refractivity contribution in [3.63, 3.8) is 0 Å². The lowest BCUT2D eigenvalue weighted by molar-refractivity contribution is -0.159. The minimum Gasteiger partial charge on any atom is -0.460 e. The summed E-state index contributed by atoms with van der Waals surface area (Å²) in [7, 11) is 0. The van der Waals surface area contributed by atoms with Crippen LogP contribution in [0.5, 0.6) is 0 Å². The monoisotopic (exact) mass is 611 g/mol. The van der Waals surface area contributed by atoms with Crippen LogP contribution in [0, 0.1) is 0 Å². The van der Waals surface area contributed by atoms with Crippen molar-refractivity contribution in [3.8, 4) is 0 Å². The van der Waals surface area contributed by atoms with Gasteiger partial charge in [0.15, 0.2) is 0 Å². The van der Waals surface area contributed by atoms with Crippen LogP contribution >= 0.6 is 11.6 Å². The maximum atomic E-state index is 13.0. The maximum absolute atomic E-state index is 13.0. The zero-order chi connectivity index (χ0) is 32.1. The van der Waals surface area contributed by atoms with E-state index in [4.69, 9.17) is 25.8 Å². The van der Waals surface area contributed by atoms with Crippen LogP contribution in [0.15, 0.2) is 24.3 Å². The Labute approximate surface area is 255 Å². The second-order valence-corrected chi connectivity index (χ2v) is 13.7. The average molecular weight is 612 g/mol. The van der Waals surface area contributed by atoms with E-state index in [-0.39, 0.29) is 12.8 Å². The molecule has 0 radical (unpaired) electrons. The third-order valence-electron chi connectivity index (χ3n) is 5.39. The summed E-state index contributed by atoms with van der Waals surface area (Å²) < 4.78 is 16.3. The second kappa shape index (κ2) is 16.7. The minimum absolute atomic E-state index is 0.0341. The average Bonchev–Trinajstić information content (AvgIpc) is 2.80. The smallest absolute Gasteiger partial charge is 0.329 e. The number of hydrogen-bond acceptors (Lipinski definition) is 8. The van der Waals surface area contributed by atoms with Crippen molar-refractivity contribution >= 4 is 35.5 Å². The van der Waals surface area contributed by atoms with Gasteiger partial charge < -0.3 is 30.2 Å². The molecule has 238 valence electrons. The first kappa shape index (κ1) is 37.2. The van der Waals surface area contributed by atoms with Crippen LogP contribution in [0.2, 0.25) is 5.02 Å². The largest absolute Gasteiger partial charge is 0.460 e. The lowest BCUT2D eigenvalue weighted by atomic mass is 10.1. The number of hydrogen-bond donors (Lipinski definition) is 3. The molecule has 3 N–H and O–H groups in total. The maximum Gasteiger partial charge on any atom is 0.329 e. The first-order valence-corrected chi connectivity index (χ1v) is 14.8. The van der Waals surface area contributed by atoms with E-state index in [1.54, 1.807) is 62.3 Å². The number of esters is 3. The minimum atomic E-state index is -1.13. The second-order valence-electron chi connectivity index (χ2n) is 13.2. The van der Waals surface area contributed by atoms with Gasteiger partial charge in [-0.1, -0.05) is 23.7 Å². The number of rotatable bonds is 14. The molecule has 2 atom stereocenters. The van der Waals surface area contributed by atoms with Crippen molar-refractivity contribution in [2.45, 2.75) is 130 Å². The van der Waals surface area contributed by atoms with Crippen LogP contribution < -0.4 is 16.0 Å². The van der Waals surface area contributed by atoms with Crippen molar-refractivity contribution in [2.24, 2.45) is 0 Å². The highest BCUT2D eigenvalue weighted by molar-refractivity contribution is 6.30. The van der Waals surface area contributed by atoms with Gasteiger partial charge in [-0.3, -0.25) is 4.79 Å². The number of carbonyl (C=O) groups excluding carboxylic acids is 4. The van der Waals surface area contributed by atoms with Gasteiger partial charge in [-0.25, -0.2) is 14.4 Å². The first-order valence-electron chi connectivity index (χ1n) is 14.4. The zero-order valence-corrected chi connectivity index (χ0v) is 27.4. The third-order valence-corrected chi connectivity index (χ3v) is 5.64. The molecule has 0 aromatic heterocycles. The van der Waals surface area contributed by atoms with Crippen LogP contribution in [-0.2, 0) is 35.1 Å². The molecule has 0 fully saturated rings. The van der Waals surface area contributed by atoms with Gasteiger partial charge in [-0.15, -0.1) is 0 Å². The molecule has 0 aliphatic heterocycles. The summed E-state index contributed by atoms with van der Waals surface area (Å²) in [6.45, 7) is 17.0. The molecule has 0 saturated heterocycles. The number of amides is 2. The lowest BCUT2D eigenvalue weighted by Gasteiger charge is -2.27. The lowest BCUT2D eigenvalue weighted by Crippen LogP contribution is -2.53. The summed E-state index contributed by atoms with van der Waals surface area (Å²) in [6, 6.07) is 4.77. The van der Waals surface area contributed by atoms with E-state index in [1.807, 2.05) is 24.3 Å². The Morgan fingerprint density at radius 3 is 1.67 bits per heavy atom. The fourth-order valence-electron chi connectivity index (χ4n) is 3.69. The molecule has 2 unspecified atom stereocenters. The highest BCUT2D eigenvalue weighted by Gasteiger charge is 2.31. The molecule has 0 bridgehead atoms. The Bertz CT molecular complexity index is 1020. The van der Waals surface area contributed by atoms with Gasteiger partial charge in [-0.2, -0.15) is 0 Å². The molecular weight excluding hydrogens is 562 g/mol. The van der Waals surface area contributed by atoms with Crippen molar-refractivity contribution in [2.75, 3.05) is 6.54 Å². The molecule has 1 aromatic carbocycles. The van der Waals surface area contributed by atoms with E-state index in [1.165, 1.54) is 0 Å². The highest BCUT2D eigenvalue weighted by atomic mass is 35.5. The van der Waals surface area contributed by atoms with Crippen molar-refractivity contribution < 1.29 is 33.4 Å². The number of benzene rings is 1. The fourth-order valence-corrected chi connectivity index (χ4v) is 3.82. The zero-order valence-electron chi connectivity index (χ0n) is 26.6. The van der Waals surface area contributed by atoms with Crippen LogP contribution in [-0.4, -0.2) is 59.4 Å². The molecule has 0 aliphatic carbocycles. The molecular formula is C31H50ClN3O7. The Kier molecular flexibility index (Phi) is 14.8. The molecule has 10 nitrogen and oxygen atoms in total. The van der Waals surface area contributed by atoms with E-state index in [2.05, 4.69) is 16.0 Å². The topological polar surface area (TPSA) is 132 Å². The normalized spacial score (nSPS) is 13.5. The fraction of sp³-hybridized carbons (Fsp3) is 0.677. The number of ether oxygens (including phenoxy) is 3. The van der Waals surface area contributed by atoms with E-state index >= 15 is 0 Å². The Balaban J connectivity index is 2.80. The van der Waals surface area contributed by atoms with Gasteiger partial charge >= 0.3 is 23.9 Å². The summed E-state index contributed by atoms with van der Waals surface area (Å²) in [5, 5.41) is 9.26. The summed E-state index contributed by atoms with van der Waals surface area (Å²) in [6.07, 6.45) is 1.58. The molecule has 0 aliphatic rings. The van der Waals surface area contributed by atoms with Crippen LogP contribution in [0.1, 0.15) is 100.0 Å². The Morgan fingerprint density at radius 1 is 0.714 bits per heavy atom. The highest BCUT2D eigenvalue weighted by Crippen LogP contribution is 2.15. The van der Waals surface area contributed by atoms with Gasteiger partial charge in [-0.05, 0) is 112 Å². The number of unbranched alkanes of at least 4 members (excludes halogenated alkanes) is 1. The Morgan fingerprint density at radius 2 is 1.19 bits per heavy atom. The van der Waals surface area contributed by atoms with Crippen LogP contribution in [0.4, 0.5) is 4.79 Å². The summed E-state index contributed by atoms with van der Waals surface area (Å²) in [5.41, 5.74) is -1.13. The predicted molar refractivity (Wildman–Crippen MR) is 163 cm³/mol. The quantitative estimate of drug-likeness (QED) is 0.144. The van der Waals surface area contributed by atoms with Crippen molar-refractivity contribution in [1.82, 2.24) is 16.0 Å². The van der Waals surface area contributed by atoms with Gasteiger partial charge in [0.05, 0.1) is 0 Å². The van der Waals surface area contributed by atoms with E-state index in [9.17, 15) is 19.2 Å². The predicted octanol–water partition coefficient (Wildman–Crippen LogP) is 5.44. The van der Waals surface area contributed by atoms with Crippen molar-refractivity contribution in [1.29, 1.82) is 0 Å². The molecule has 1 aromatic rings. The first-order chi connectivity index (χ1) is 19.2. The standard InChI is InChI=1S/C31H50ClN3O7/c1-29(2,3)40-25(36)18-17-24(27(38)42-31(7,8)9)35-28(39)34-23(26(37)41-30(4,5)6)12-10-11-19-33-20-21-13-15-22(32)16-14-21/h13-16,23-24,33H,10-12,17-20H2,1-9H3,(H2,34,35,39). The molecule has 1 rings (SSSR count). The van der Waals surface area contributed by atoms with E-state index < -0.39 is 52.8 Å². The third kappa shape index (κ3) is 17.9. The van der Waals surface area contributed by atoms with Crippen LogP contribution in [0.3, 0.4) is 0 Å². The SMILES string of the molecule is CC(C)(C)OC(=O)CCC(NC(=O)NC(CCCCNCc1ccc(Cl)cc1)C(=O)OC(C)(C)C)C(=O)OC(C)(C)C. The number of halogens is 1. The number of carbonyl (C=O) groups is 4. The summed E-state index contributed by atoms with van der Waals surface area (Å²) in [5.74, 6) is -1.77.